The number of alkyl halides is 3. The molecule has 1 heterocycles. The first-order chi connectivity index (χ1) is 13.6. The van der Waals surface area contributed by atoms with Crippen LogP contribution in [-0.2, 0) is 4.79 Å². The maximum Gasteiger partial charge on any atom is 0.440 e. The minimum absolute atomic E-state index is 0.0529. The first-order valence-corrected chi connectivity index (χ1v) is 8.36. The van der Waals surface area contributed by atoms with Gasteiger partial charge in [0.05, 0.1) is 12.8 Å². The summed E-state index contributed by atoms with van der Waals surface area (Å²) in [6.07, 6.45) is -5.29. The molecule has 0 aromatic heterocycles. The molecule has 1 saturated heterocycles. The van der Waals surface area contributed by atoms with E-state index < -0.39 is 29.7 Å². The third kappa shape index (κ3) is 3.48. The zero-order chi connectivity index (χ0) is 21.4. The Morgan fingerprint density at radius 1 is 1.07 bits per heavy atom. The van der Waals surface area contributed by atoms with Gasteiger partial charge >= 0.3 is 12.2 Å². The van der Waals surface area contributed by atoms with Crippen molar-refractivity contribution in [2.45, 2.75) is 18.8 Å². The molecule has 0 radical (unpaired) electrons. The van der Waals surface area contributed by atoms with Crippen molar-refractivity contribution in [2.75, 3.05) is 12.0 Å². The fourth-order valence-electron chi connectivity index (χ4n) is 2.79. The van der Waals surface area contributed by atoms with Crippen LogP contribution in [0.4, 0.5) is 23.7 Å². The van der Waals surface area contributed by atoms with Crippen LogP contribution in [0.3, 0.4) is 0 Å². The molecule has 2 N–H and O–H groups in total. The zero-order valence-corrected chi connectivity index (χ0v) is 15.3. The van der Waals surface area contributed by atoms with E-state index in [0.717, 1.165) is 5.56 Å². The molecule has 2 aromatic rings. The lowest BCUT2D eigenvalue weighted by Gasteiger charge is -2.29. The number of benzene rings is 2. The van der Waals surface area contributed by atoms with Gasteiger partial charge in [-0.15, -0.1) is 0 Å². The monoisotopic (exact) mass is 407 g/mol. The first kappa shape index (κ1) is 20.2. The number of aryl methyl sites for hydroxylation is 1. The lowest BCUT2D eigenvalue weighted by molar-refractivity contribution is -0.197. The van der Waals surface area contributed by atoms with Crippen molar-refractivity contribution < 1.29 is 32.3 Å². The van der Waals surface area contributed by atoms with Crippen molar-refractivity contribution >= 4 is 23.5 Å². The molecule has 1 fully saturated rings. The minimum atomic E-state index is -5.29. The van der Waals surface area contributed by atoms with Gasteiger partial charge in [0.1, 0.15) is 5.75 Å². The van der Waals surface area contributed by atoms with Gasteiger partial charge in [-0.25, -0.2) is 9.69 Å². The van der Waals surface area contributed by atoms with Crippen LogP contribution in [0, 0.1) is 6.92 Å². The molecular formula is C19H16F3N3O4. The third-order valence-electron chi connectivity index (χ3n) is 4.39. The zero-order valence-electron chi connectivity index (χ0n) is 15.3. The minimum Gasteiger partial charge on any atom is -0.497 e. The van der Waals surface area contributed by atoms with Gasteiger partial charge in [-0.2, -0.15) is 13.2 Å². The summed E-state index contributed by atoms with van der Waals surface area (Å²) in [6, 6.07) is 9.68. The van der Waals surface area contributed by atoms with E-state index in [9.17, 15) is 27.6 Å². The Kier molecular flexibility index (Phi) is 4.95. The molecule has 152 valence electrons. The van der Waals surface area contributed by atoms with E-state index in [4.69, 9.17) is 4.74 Å². The maximum atomic E-state index is 13.9. The second kappa shape index (κ2) is 7.12. The Morgan fingerprint density at radius 3 is 2.17 bits per heavy atom. The van der Waals surface area contributed by atoms with Crippen molar-refractivity contribution in [3.05, 3.63) is 59.7 Å². The number of rotatable bonds is 4. The normalized spacial score (nSPS) is 19.1. The number of urea groups is 1. The lowest BCUT2D eigenvalue weighted by Crippen LogP contribution is -2.69. The van der Waals surface area contributed by atoms with Crippen LogP contribution < -0.4 is 20.3 Å². The molecule has 0 spiro atoms. The standard InChI is InChI=1S/C19H16F3N3O4/c1-11-3-7-13(8-4-11)25-16(27)18(19(20,21)22,24-17(25)28)23-15(26)12-5-9-14(29-2)10-6-12/h3-10H,1-2H3,(H,23,26)(H,24,28)/t18-/m1/s1. The fourth-order valence-corrected chi connectivity index (χ4v) is 2.79. The van der Waals surface area contributed by atoms with E-state index >= 15 is 0 Å². The van der Waals surface area contributed by atoms with Gasteiger partial charge < -0.3 is 10.1 Å². The number of hydrogen-bond acceptors (Lipinski definition) is 4. The number of amides is 4. The second-order valence-corrected chi connectivity index (χ2v) is 6.34. The second-order valence-electron chi connectivity index (χ2n) is 6.34. The van der Waals surface area contributed by atoms with Crippen molar-refractivity contribution in [1.29, 1.82) is 0 Å². The van der Waals surface area contributed by atoms with E-state index in [1.807, 2.05) is 0 Å². The molecule has 7 nitrogen and oxygen atoms in total. The van der Waals surface area contributed by atoms with Crippen molar-refractivity contribution in [3.8, 4) is 5.75 Å². The number of methoxy groups -OCH3 is 1. The molecule has 4 amide bonds. The van der Waals surface area contributed by atoms with E-state index in [2.05, 4.69) is 0 Å². The topological polar surface area (TPSA) is 87.7 Å². The summed E-state index contributed by atoms with van der Waals surface area (Å²) in [5, 5.41) is 3.25. The average molecular weight is 407 g/mol. The molecular weight excluding hydrogens is 391 g/mol. The fraction of sp³-hybridized carbons (Fsp3) is 0.211. The molecule has 0 saturated carbocycles. The van der Waals surface area contributed by atoms with Gasteiger partial charge in [-0.3, -0.25) is 14.9 Å². The van der Waals surface area contributed by atoms with Crippen LogP contribution in [0.25, 0.3) is 0 Å². The van der Waals surface area contributed by atoms with Gasteiger partial charge in [0.25, 0.3) is 17.5 Å². The summed E-state index contributed by atoms with van der Waals surface area (Å²) >= 11 is 0. The van der Waals surface area contributed by atoms with Crippen molar-refractivity contribution in [1.82, 2.24) is 10.6 Å². The lowest BCUT2D eigenvalue weighted by atomic mass is 10.1. The van der Waals surface area contributed by atoms with Gasteiger partial charge in [-0.1, -0.05) is 17.7 Å². The molecule has 0 aliphatic carbocycles. The number of carbonyl (C=O) groups excluding carboxylic acids is 3. The third-order valence-corrected chi connectivity index (χ3v) is 4.39. The van der Waals surface area contributed by atoms with Gasteiger partial charge in [-0.05, 0) is 43.3 Å². The highest BCUT2D eigenvalue weighted by Crippen LogP contribution is 2.36. The maximum absolute atomic E-state index is 13.9. The number of carbonyl (C=O) groups is 3. The number of nitrogens with one attached hydrogen (secondary N) is 2. The largest absolute Gasteiger partial charge is 0.497 e. The molecule has 1 atom stereocenters. The molecule has 3 rings (SSSR count). The summed E-state index contributed by atoms with van der Waals surface area (Å²) in [4.78, 5) is 37.8. The SMILES string of the molecule is COc1ccc(C(=O)N[C@@]2(C(F)(F)F)NC(=O)N(c3ccc(C)cc3)C2=O)cc1. The van der Waals surface area contributed by atoms with Crippen LogP contribution >= 0.6 is 0 Å². The molecule has 0 unspecified atom stereocenters. The number of nitrogens with zero attached hydrogens (tertiary/aromatic N) is 1. The summed E-state index contributed by atoms with van der Waals surface area (Å²) in [6.45, 7) is 1.74. The van der Waals surface area contributed by atoms with E-state index in [0.29, 0.717) is 10.6 Å². The molecule has 2 aromatic carbocycles. The quantitative estimate of drug-likeness (QED) is 0.763. The van der Waals surface area contributed by atoms with Crippen LogP contribution in [0.2, 0.25) is 0 Å². The van der Waals surface area contributed by atoms with Crippen LogP contribution in [0.1, 0.15) is 15.9 Å². The van der Waals surface area contributed by atoms with E-state index in [-0.39, 0.29) is 11.3 Å². The molecule has 10 heteroatoms. The van der Waals surface area contributed by atoms with Gasteiger partial charge in [0, 0.05) is 5.56 Å². The Balaban J connectivity index is 1.96. The number of hydrogen-bond donors (Lipinski definition) is 2. The first-order valence-electron chi connectivity index (χ1n) is 8.36. The molecule has 29 heavy (non-hydrogen) atoms. The predicted octanol–water partition coefficient (Wildman–Crippen LogP) is 2.75. The number of anilines is 1. The number of imide groups is 1. The summed E-state index contributed by atoms with van der Waals surface area (Å²) in [7, 11) is 1.39. The van der Waals surface area contributed by atoms with Gasteiger partial charge in [0.2, 0.25) is 0 Å². The van der Waals surface area contributed by atoms with Crippen molar-refractivity contribution in [2.24, 2.45) is 0 Å². The van der Waals surface area contributed by atoms with Crippen LogP contribution in [-0.4, -0.2) is 36.8 Å². The smallest absolute Gasteiger partial charge is 0.440 e. The van der Waals surface area contributed by atoms with Crippen molar-refractivity contribution in [3.63, 3.8) is 0 Å². The van der Waals surface area contributed by atoms with Gasteiger partial charge in [0.15, 0.2) is 0 Å². The number of ether oxygens (including phenoxy) is 1. The summed E-state index contributed by atoms with van der Waals surface area (Å²) in [5.41, 5.74) is -3.00. The highest BCUT2D eigenvalue weighted by atomic mass is 19.4. The van der Waals surface area contributed by atoms with E-state index in [1.54, 1.807) is 29.7 Å². The number of halogens is 3. The summed E-state index contributed by atoms with van der Waals surface area (Å²) in [5.74, 6) is -2.45. The Bertz CT molecular complexity index is 958. The highest BCUT2D eigenvalue weighted by molar-refractivity contribution is 6.24. The average Bonchev–Trinajstić information content (AvgIpc) is 2.93. The van der Waals surface area contributed by atoms with Crippen LogP contribution in [0.5, 0.6) is 5.75 Å². The highest BCUT2D eigenvalue weighted by Gasteiger charge is 2.69. The van der Waals surface area contributed by atoms with Crippen LogP contribution in [0.15, 0.2) is 48.5 Å². The summed E-state index contributed by atoms with van der Waals surface area (Å²) < 4.78 is 46.6. The molecule has 1 aliphatic rings. The Labute approximate surface area is 163 Å². The molecule has 1 aliphatic heterocycles. The molecule has 0 bridgehead atoms. The predicted molar refractivity (Wildman–Crippen MR) is 96.4 cm³/mol. The van der Waals surface area contributed by atoms with E-state index in [1.165, 1.54) is 43.5 Å². The Morgan fingerprint density at radius 2 is 1.66 bits per heavy atom. The Hall–Kier alpha value is -3.56.